The van der Waals surface area contributed by atoms with Crippen LogP contribution in [0.1, 0.15) is 25.6 Å². The van der Waals surface area contributed by atoms with Crippen molar-refractivity contribution in [2.24, 2.45) is 5.73 Å². The van der Waals surface area contributed by atoms with Crippen LogP contribution >= 0.6 is 11.8 Å². The molecular weight excluding hydrogens is 224 g/mol. The molecule has 0 fully saturated rings. The Hall–Kier alpha value is -0.940. The van der Waals surface area contributed by atoms with E-state index in [-0.39, 0.29) is 11.9 Å². The summed E-state index contributed by atoms with van der Waals surface area (Å²) in [5, 5.41) is 3.18. The third kappa shape index (κ3) is 4.28. The number of furan rings is 1. The maximum Gasteiger partial charge on any atom is 0.230 e. The highest BCUT2D eigenvalue weighted by molar-refractivity contribution is 8.00. The molecule has 0 saturated heterocycles. The lowest BCUT2D eigenvalue weighted by atomic mass is 10.2. The maximum atomic E-state index is 11.6. The summed E-state index contributed by atoms with van der Waals surface area (Å²) in [5.74, 6) is 1.21. The molecule has 0 aliphatic carbocycles. The molecule has 2 unspecified atom stereocenters. The highest BCUT2D eigenvalue weighted by Crippen LogP contribution is 2.13. The number of hydrogen-bond donors (Lipinski definition) is 2. The summed E-state index contributed by atoms with van der Waals surface area (Å²) in [5.41, 5.74) is 5.47. The van der Waals surface area contributed by atoms with E-state index in [0.717, 1.165) is 5.76 Å². The monoisotopic (exact) mass is 242 g/mol. The van der Waals surface area contributed by atoms with Crippen molar-refractivity contribution in [1.29, 1.82) is 0 Å². The van der Waals surface area contributed by atoms with Gasteiger partial charge < -0.3 is 15.5 Å². The smallest absolute Gasteiger partial charge is 0.230 e. The van der Waals surface area contributed by atoms with E-state index in [4.69, 9.17) is 10.2 Å². The van der Waals surface area contributed by atoms with Gasteiger partial charge in [0.15, 0.2) is 0 Å². The summed E-state index contributed by atoms with van der Waals surface area (Å²) in [6.07, 6.45) is 1.60. The van der Waals surface area contributed by atoms with Crippen LogP contribution in [-0.4, -0.2) is 23.5 Å². The van der Waals surface area contributed by atoms with E-state index in [0.29, 0.717) is 17.5 Å². The Morgan fingerprint density at radius 1 is 1.62 bits per heavy atom. The third-order valence-electron chi connectivity index (χ3n) is 2.18. The van der Waals surface area contributed by atoms with Crippen molar-refractivity contribution in [2.75, 3.05) is 12.3 Å². The average molecular weight is 242 g/mol. The second-order valence-corrected chi connectivity index (χ2v) is 5.09. The van der Waals surface area contributed by atoms with Crippen LogP contribution in [0.4, 0.5) is 0 Å². The van der Waals surface area contributed by atoms with Crippen LogP contribution in [0.3, 0.4) is 0 Å². The SMILES string of the molecule is CC(CN)SCC(=O)NC(C)c1ccco1. The molecule has 0 radical (unpaired) electrons. The number of nitrogens with one attached hydrogen (secondary N) is 1. The quantitative estimate of drug-likeness (QED) is 0.794. The lowest BCUT2D eigenvalue weighted by Gasteiger charge is -2.12. The maximum absolute atomic E-state index is 11.6. The van der Waals surface area contributed by atoms with E-state index in [1.54, 1.807) is 18.0 Å². The molecule has 4 nitrogen and oxygen atoms in total. The summed E-state index contributed by atoms with van der Waals surface area (Å²) in [6, 6.07) is 3.57. The van der Waals surface area contributed by atoms with Crippen molar-refractivity contribution in [1.82, 2.24) is 5.32 Å². The molecule has 1 amide bonds. The molecule has 0 spiro atoms. The molecule has 0 saturated carbocycles. The van der Waals surface area contributed by atoms with Crippen LogP contribution < -0.4 is 11.1 Å². The minimum atomic E-state index is -0.0868. The molecule has 0 aromatic carbocycles. The van der Waals surface area contributed by atoms with Crippen LogP contribution in [0.25, 0.3) is 0 Å². The largest absolute Gasteiger partial charge is 0.467 e. The van der Waals surface area contributed by atoms with E-state index < -0.39 is 0 Å². The topological polar surface area (TPSA) is 68.3 Å². The first-order valence-electron chi connectivity index (χ1n) is 5.28. The Bertz CT molecular complexity index is 314. The minimum absolute atomic E-state index is 0.00852. The fourth-order valence-electron chi connectivity index (χ4n) is 1.18. The second kappa shape index (κ2) is 6.60. The Kier molecular flexibility index (Phi) is 5.42. The van der Waals surface area contributed by atoms with Crippen molar-refractivity contribution < 1.29 is 9.21 Å². The Balaban J connectivity index is 2.29. The second-order valence-electron chi connectivity index (χ2n) is 3.66. The van der Waals surface area contributed by atoms with Gasteiger partial charge in [-0.1, -0.05) is 6.92 Å². The van der Waals surface area contributed by atoms with Gasteiger partial charge in [-0.05, 0) is 19.1 Å². The van der Waals surface area contributed by atoms with E-state index in [1.807, 2.05) is 26.0 Å². The summed E-state index contributed by atoms with van der Waals surface area (Å²) in [7, 11) is 0. The summed E-state index contributed by atoms with van der Waals surface area (Å²) in [4.78, 5) is 11.6. The van der Waals surface area contributed by atoms with E-state index >= 15 is 0 Å². The first-order valence-corrected chi connectivity index (χ1v) is 6.32. The van der Waals surface area contributed by atoms with Crippen LogP contribution in [0, 0.1) is 0 Å². The van der Waals surface area contributed by atoms with Crippen molar-refractivity contribution in [2.45, 2.75) is 25.1 Å². The summed E-state index contributed by atoms with van der Waals surface area (Å²) in [6.45, 7) is 4.49. The van der Waals surface area contributed by atoms with Crippen LogP contribution in [0.5, 0.6) is 0 Å². The lowest BCUT2D eigenvalue weighted by Crippen LogP contribution is -2.29. The van der Waals surface area contributed by atoms with Gasteiger partial charge >= 0.3 is 0 Å². The number of rotatable bonds is 6. The van der Waals surface area contributed by atoms with Gasteiger partial charge in [-0.2, -0.15) is 0 Å². The molecule has 0 aliphatic rings. The summed E-state index contributed by atoms with van der Waals surface area (Å²) < 4.78 is 5.20. The van der Waals surface area contributed by atoms with Gasteiger partial charge in [-0.25, -0.2) is 0 Å². The molecular formula is C11H18N2O2S. The van der Waals surface area contributed by atoms with Gasteiger partial charge in [0.05, 0.1) is 18.1 Å². The predicted molar refractivity (Wildman–Crippen MR) is 66.2 cm³/mol. The molecule has 5 heteroatoms. The first kappa shape index (κ1) is 13.1. The van der Waals surface area contributed by atoms with Gasteiger partial charge in [-0.3, -0.25) is 4.79 Å². The lowest BCUT2D eigenvalue weighted by molar-refractivity contribution is -0.119. The van der Waals surface area contributed by atoms with Gasteiger partial charge in [0.2, 0.25) is 5.91 Å². The standard InChI is InChI=1S/C11H18N2O2S/c1-8(6-12)16-7-11(14)13-9(2)10-4-3-5-15-10/h3-5,8-9H,6-7,12H2,1-2H3,(H,13,14). The molecule has 3 N–H and O–H groups in total. The van der Waals surface area contributed by atoms with Crippen LogP contribution in [-0.2, 0) is 4.79 Å². The minimum Gasteiger partial charge on any atom is -0.467 e. The average Bonchev–Trinajstić information content (AvgIpc) is 2.79. The molecule has 0 aliphatic heterocycles. The summed E-state index contributed by atoms with van der Waals surface area (Å²) >= 11 is 1.56. The zero-order valence-corrected chi connectivity index (χ0v) is 10.4. The van der Waals surface area contributed by atoms with Gasteiger partial charge in [-0.15, -0.1) is 11.8 Å². The molecule has 16 heavy (non-hydrogen) atoms. The molecule has 1 aromatic rings. The molecule has 1 rings (SSSR count). The Morgan fingerprint density at radius 3 is 2.94 bits per heavy atom. The fourth-order valence-corrected chi connectivity index (χ4v) is 1.83. The Morgan fingerprint density at radius 2 is 2.38 bits per heavy atom. The van der Waals surface area contributed by atoms with Crippen LogP contribution in [0.15, 0.2) is 22.8 Å². The fraction of sp³-hybridized carbons (Fsp3) is 0.545. The van der Waals surface area contributed by atoms with Gasteiger partial charge in [0, 0.05) is 11.8 Å². The van der Waals surface area contributed by atoms with Gasteiger partial charge in [0.1, 0.15) is 5.76 Å². The zero-order valence-electron chi connectivity index (χ0n) is 9.60. The van der Waals surface area contributed by atoms with E-state index in [9.17, 15) is 4.79 Å². The molecule has 0 bridgehead atoms. The van der Waals surface area contributed by atoms with Crippen molar-refractivity contribution in [3.8, 4) is 0 Å². The number of hydrogen-bond acceptors (Lipinski definition) is 4. The number of nitrogens with two attached hydrogens (primary N) is 1. The zero-order chi connectivity index (χ0) is 12.0. The number of carbonyl (C=O) groups is 1. The number of thioether (sulfide) groups is 1. The van der Waals surface area contributed by atoms with Crippen molar-refractivity contribution >= 4 is 17.7 Å². The van der Waals surface area contributed by atoms with Crippen LogP contribution in [0.2, 0.25) is 0 Å². The highest BCUT2D eigenvalue weighted by atomic mass is 32.2. The number of amides is 1. The Labute approximate surface area is 100.0 Å². The van der Waals surface area contributed by atoms with Gasteiger partial charge in [0.25, 0.3) is 0 Å². The van der Waals surface area contributed by atoms with E-state index in [1.165, 1.54) is 0 Å². The third-order valence-corrected chi connectivity index (χ3v) is 3.37. The molecule has 90 valence electrons. The van der Waals surface area contributed by atoms with Crippen molar-refractivity contribution in [3.63, 3.8) is 0 Å². The normalized spacial score (nSPS) is 14.4. The molecule has 2 atom stereocenters. The predicted octanol–water partition coefficient (Wildman–Crippen LogP) is 1.54. The van der Waals surface area contributed by atoms with Crippen molar-refractivity contribution in [3.05, 3.63) is 24.2 Å². The highest BCUT2D eigenvalue weighted by Gasteiger charge is 2.12. The molecule has 1 aromatic heterocycles. The number of carbonyl (C=O) groups excluding carboxylic acids is 1. The van der Waals surface area contributed by atoms with E-state index in [2.05, 4.69) is 5.32 Å². The molecule has 1 heterocycles. The first-order chi connectivity index (χ1) is 7.63.